The number of Topliss-reactive ketones (excluding diaryl/α,β-unsaturated/α-hetero) is 3. The maximum Gasteiger partial charge on any atom is 0.408 e. The van der Waals surface area contributed by atoms with Crippen LogP contribution in [0.1, 0.15) is 127 Å². The first-order valence-corrected chi connectivity index (χ1v) is 73.6. The average molecular weight is 2230 g/mol. The van der Waals surface area contributed by atoms with Crippen molar-refractivity contribution in [3.8, 4) is 17.2 Å². The van der Waals surface area contributed by atoms with Gasteiger partial charge in [-0.25, -0.2) is 4.79 Å². The number of rotatable bonds is 24. The van der Waals surface area contributed by atoms with Crippen LogP contribution < -0.4 is 19.5 Å². The predicted octanol–water partition coefficient (Wildman–Crippen LogP) is 11.6. The molecule has 0 aliphatic heterocycles. The van der Waals surface area contributed by atoms with Crippen molar-refractivity contribution in [1.82, 2.24) is 5.32 Å². The third-order valence-electron chi connectivity index (χ3n) is 12.4. The molecule has 3 N–H and O–H groups in total. The Kier molecular flexibility index (Phi) is 75.0. The Morgan fingerprint density at radius 2 is 0.720 bits per heavy atom. The van der Waals surface area contributed by atoms with Crippen molar-refractivity contribution in [3.05, 3.63) is 203 Å². The number of aryl methyl sites for hydroxylation is 3. The highest BCUT2D eigenvalue weighted by Crippen LogP contribution is 2.25. The lowest BCUT2D eigenvalue weighted by atomic mass is 9.99. The molecule has 0 radical (unpaired) electrons. The van der Waals surface area contributed by atoms with Crippen LogP contribution in [0.25, 0.3) is 5.53 Å². The molecule has 6 aromatic carbocycles. The quantitative estimate of drug-likeness (QED) is 0.0167. The summed E-state index contributed by atoms with van der Waals surface area (Å²) in [6, 6.07) is 49.6. The zero-order valence-corrected chi connectivity index (χ0v) is 89.6. The molecule has 51 heteroatoms. The lowest BCUT2D eigenvalue weighted by molar-refractivity contribution is -0.157. The number of methoxy groups -OCH3 is 3. The van der Waals surface area contributed by atoms with Crippen LogP contribution in [0, 0.1) is 0 Å². The summed E-state index contributed by atoms with van der Waals surface area (Å²) in [5, 5.41) is 20.6. The number of esters is 2. The predicted molar refractivity (Wildman–Crippen MR) is 567 cm³/mol. The van der Waals surface area contributed by atoms with E-state index < -0.39 is 54.0 Å². The lowest BCUT2D eigenvalue weighted by Crippen LogP contribution is -2.36. The molecule has 118 heavy (non-hydrogen) atoms. The summed E-state index contributed by atoms with van der Waals surface area (Å²) in [6.45, 7) is 9.97. The van der Waals surface area contributed by atoms with E-state index >= 15 is 0 Å². The largest absolute Gasteiger partial charge is 0.497 e. The molecular weight excluding hydrogens is 2140 g/mol. The van der Waals surface area contributed by atoms with Crippen molar-refractivity contribution in [3.63, 3.8) is 0 Å². The SMILES string of the molecule is C.CC(C)(C)OC(=O)CCC(=O)O.COc1ccc(C(=[N+]=[N-])C(=O)CCc2ccccc2)cc1.COc1ccc(C(O)C(=O)CCc2ccccc2)cc1.COc1ccc(C(OC(=O)CNC(=O)OC(C)(C)C)C(=O)CCc2ccccc2)cc1.S=S=S=S=S=S=S=S=S=S=S=S=S=S=S=S.S=S=S=S=S=S=S=S=S=S=S=S=S=S=S=S=S. The summed E-state index contributed by atoms with van der Waals surface area (Å²) in [4.78, 5) is 85.3. The number of aliphatic hydroxyl groups is 1. The average Bonchev–Trinajstić information content (AvgIpc) is 0.851. The van der Waals surface area contributed by atoms with E-state index in [-0.39, 0.29) is 49.8 Å². The first-order valence-electron chi connectivity index (χ1n) is 32.2. The molecule has 0 spiro atoms. The molecule has 0 fully saturated rings. The lowest BCUT2D eigenvalue weighted by Gasteiger charge is -2.20. The topological polar surface area (TPSA) is 264 Å². The Balaban J connectivity index is 0.00000143. The maximum atomic E-state index is 12.9. The number of ether oxygens (including phenoxy) is 6. The number of benzene rings is 6. The van der Waals surface area contributed by atoms with Gasteiger partial charge in [0.05, 0.1) is 39.7 Å². The number of alkyl carbamates (subject to hydrolysis) is 1. The van der Waals surface area contributed by atoms with Crippen LogP contribution in [-0.2, 0) is 365 Å². The number of carboxylic acid groups (broad SMARTS) is 1. The van der Waals surface area contributed by atoms with Gasteiger partial charge in [-0.2, -0.15) is 4.79 Å². The summed E-state index contributed by atoms with van der Waals surface area (Å²) < 4.78 is 30.7. The fourth-order valence-corrected chi connectivity index (χ4v) is 76.3. The highest BCUT2D eigenvalue weighted by molar-refractivity contribution is 8.78. The van der Waals surface area contributed by atoms with Crippen molar-refractivity contribution in [1.29, 1.82) is 0 Å². The zero-order valence-electron chi connectivity index (χ0n) is 62.7. The number of hydrogen-bond donors (Lipinski definition) is 3. The number of aliphatic carboxylic acids is 1. The van der Waals surface area contributed by atoms with Crippen molar-refractivity contribution in [2.75, 3.05) is 27.9 Å². The third kappa shape index (κ3) is 64.7. The van der Waals surface area contributed by atoms with Gasteiger partial charge in [-0.15, -0.1) is 0 Å². The second-order valence-electron chi connectivity index (χ2n) is 22.6. The van der Waals surface area contributed by atoms with E-state index in [1.807, 2.05) is 91.0 Å². The molecule has 2 unspecified atom stereocenters. The molecule has 652 valence electrons. The van der Waals surface area contributed by atoms with E-state index in [4.69, 9.17) is 83.8 Å². The van der Waals surface area contributed by atoms with Crippen molar-refractivity contribution < 1.29 is 77.0 Å². The molecule has 0 heterocycles. The van der Waals surface area contributed by atoms with Crippen LogP contribution in [0.4, 0.5) is 4.79 Å². The van der Waals surface area contributed by atoms with E-state index in [1.165, 1.54) is 35.5 Å². The minimum atomic E-state index is -1.08. The number of carbonyl (C=O) groups is 7. The number of carboxylic acids is 1. The monoisotopic (exact) mass is 2220 g/mol. The summed E-state index contributed by atoms with van der Waals surface area (Å²) in [5.41, 5.74) is 12.9. The highest BCUT2D eigenvalue weighted by Gasteiger charge is 2.27. The molecule has 18 nitrogen and oxygen atoms in total. The van der Waals surface area contributed by atoms with Crippen molar-refractivity contribution in [2.24, 2.45) is 0 Å². The van der Waals surface area contributed by atoms with Gasteiger partial charge in [0.15, 0.2) is 17.7 Å². The van der Waals surface area contributed by atoms with Crippen LogP contribution in [0.3, 0.4) is 0 Å². The van der Waals surface area contributed by atoms with Crippen LogP contribution >= 0.6 is 0 Å². The Bertz CT molecular complexity index is 5580. The van der Waals surface area contributed by atoms with E-state index in [2.05, 4.69) is 10.1 Å². The maximum absolute atomic E-state index is 12.9. The highest BCUT2D eigenvalue weighted by atomic mass is 33.5. The number of aliphatic hydroxyl groups excluding tert-OH is 1. The number of nitrogens with one attached hydrogen (secondary N) is 1. The fraction of sp³-hybridized carbons (Fsp3) is 0.343. The summed E-state index contributed by atoms with van der Waals surface area (Å²) in [7, 11) is 53.6. The van der Waals surface area contributed by atoms with E-state index in [0.717, 1.165) is 16.7 Å². The first-order chi connectivity index (χ1) is 56.3. The minimum absolute atomic E-state index is 0. The zero-order chi connectivity index (χ0) is 86.6. The van der Waals surface area contributed by atoms with E-state index in [9.17, 15) is 38.7 Å². The van der Waals surface area contributed by atoms with Crippen LogP contribution in [0.15, 0.2) is 164 Å². The minimum Gasteiger partial charge on any atom is -0.497 e. The molecular formula is C67H81N3O15S33. The second kappa shape index (κ2) is 76.3. The molecule has 0 aromatic heterocycles. The Hall–Kier alpha value is -1.99. The van der Waals surface area contributed by atoms with Gasteiger partial charge >= 0.3 is 29.7 Å². The van der Waals surface area contributed by atoms with E-state index in [1.54, 1.807) is 358 Å². The van der Waals surface area contributed by atoms with Crippen molar-refractivity contribution >= 4 is 349 Å². The summed E-state index contributed by atoms with van der Waals surface area (Å²) >= 11 is 18.9. The molecule has 0 saturated carbocycles. The molecule has 0 bridgehead atoms. The molecule has 0 aliphatic rings. The number of hydrogen-bond acceptors (Lipinski definition) is 18. The molecule has 6 rings (SSSR count). The number of amides is 1. The van der Waals surface area contributed by atoms with Crippen LogP contribution in [-0.4, -0.2) is 101 Å². The van der Waals surface area contributed by atoms with Gasteiger partial charge in [-0.05, 0) is 132 Å². The third-order valence-corrected chi connectivity index (χ3v) is 72.4. The van der Waals surface area contributed by atoms with E-state index in [0.29, 0.717) is 66.0 Å². The summed E-state index contributed by atoms with van der Waals surface area (Å²) in [5.74, 6) is -0.765. The van der Waals surface area contributed by atoms with Gasteiger partial charge in [-0.3, -0.25) is 28.8 Å². The standard InChI is InChI=1S/C24H29NO6.C17H16N2O2.C17H18O3.C8H14O4.CH4.S17.S16/c1-24(2,3)31-23(28)25-16-21(27)30-22(18-11-13-19(29-4)14-12-18)20(26)15-10-17-8-6-5-7-9-17;1-21-15-10-8-14(9-11-15)17(19-18)16(20)12-7-13-5-3-2-4-6-13;1-20-15-10-8-14(9-11-15)17(19)16(18)12-7-13-5-3-2-4-6-13;1-8(2,3)12-7(11)5-4-6(9)10;;1-3-5-7-9-11-13-15-17-16-14-12-10-8-6-4-2;1-3-5-7-9-11-13-15-16-14-12-10-8-6-4-2/h5-9,11-14,22H,10,15-16H2,1-4H3,(H,25,28);2-6,8-11H,7,12H2,1H3;2-6,8-11,17,19H,7,12H2,1H3;4-5H2,1-3H3,(H,9,10);1H4;;. The number of carbonyl (C=O) groups excluding carboxylic acids is 6. The van der Waals surface area contributed by atoms with Crippen molar-refractivity contribution in [2.45, 2.75) is 124 Å². The molecule has 2 atom stereocenters. The smallest absolute Gasteiger partial charge is 0.408 e. The van der Waals surface area contributed by atoms with Gasteiger partial charge in [0.25, 0.3) is 0 Å². The molecule has 0 saturated heterocycles. The van der Waals surface area contributed by atoms with Gasteiger partial charge in [0, 0.05) is 327 Å². The number of ketones is 3. The van der Waals surface area contributed by atoms with Crippen LogP contribution in [0.5, 0.6) is 17.2 Å². The van der Waals surface area contributed by atoms with Gasteiger partial charge < -0.3 is 49.5 Å². The molecule has 0 aliphatic carbocycles. The Morgan fingerprint density at radius 1 is 0.407 bits per heavy atom. The fourth-order valence-electron chi connectivity index (χ4n) is 7.72. The number of nitrogens with zero attached hydrogens (tertiary/aromatic N) is 2. The Labute approximate surface area is 791 Å². The molecule has 6 aromatic rings. The van der Waals surface area contributed by atoms with Gasteiger partial charge in [0.1, 0.15) is 41.1 Å². The molecule has 1 amide bonds. The Morgan fingerprint density at radius 3 is 1.03 bits per heavy atom. The summed E-state index contributed by atoms with van der Waals surface area (Å²) in [6.07, 6.45) is -0.489. The van der Waals surface area contributed by atoms with Crippen LogP contribution in [0.2, 0.25) is 0 Å². The normalized spacial score (nSPS) is 10.0. The second-order valence-corrected chi connectivity index (χ2v) is 73.9. The van der Waals surface area contributed by atoms with Gasteiger partial charge in [-0.1, -0.05) is 123 Å². The van der Waals surface area contributed by atoms with Gasteiger partial charge in [0.2, 0.25) is 5.78 Å². The first kappa shape index (κ1) is 116.